The largest absolute Gasteiger partial charge is 0.353 e. The van der Waals surface area contributed by atoms with Crippen LogP contribution in [0.15, 0.2) is 16.7 Å². The molecule has 0 aliphatic heterocycles. The molecular weight excluding hydrogens is 266 g/mol. The normalized spacial score (nSPS) is 15.2. The summed E-state index contributed by atoms with van der Waals surface area (Å²) in [4.78, 5) is 6.94. The highest BCUT2D eigenvalue weighted by Crippen LogP contribution is 2.33. The molecule has 4 heteroatoms. The number of hydrogen-bond donors (Lipinski definition) is 1. The van der Waals surface area contributed by atoms with Crippen LogP contribution < -0.4 is 10.6 Å². The minimum atomic E-state index is 0.550. The van der Waals surface area contributed by atoms with Gasteiger partial charge in [-0.1, -0.05) is 6.92 Å². The number of anilines is 1. The summed E-state index contributed by atoms with van der Waals surface area (Å²) in [6.07, 6.45) is 5.60. The van der Waals surface area contributed by atoms with Crippen molar-refractivity contribution < 1.29 is 0 Å². The Balaban J connectivity index is 2.28. The van der Waals surface area contributed by atoms with Crippen molar-refractivity contribution in [3.05, 3.63) is 22.3 Å². The molecule has 1 fully saturated rings. The smallest absolute Gasteiger partial charge is 0.133 e. The number of rotatable bonds is 5. The monoisotopic (exact) mass is 283 g/mol. The van der Waals surface area contributed by atoms with Crippen molar-refractivity contribution in [2.75, 3.05) is 11.4 Å². The molecule has 0 amide bonds. The van der Waals surface area contributed by atoms with Crippen LogP contribution in [0.1, 0.15) is 31.7 Å². The third-order valence-corrected chi connectivity index (χ3v) is 3.29. The number of halogens is 1. The van der Waals surface area contributed by atoms with E-state index < -0.39 is 0 Å². The first kappa shape index (κ1) is 11.9. The van der Waals surface area contributed by atoms with Crippen LogP contribution in [0.5, 0.6) is 0 Å². The molecule has 1 aliphatic rings. The first-order chi connectivity index (χ1) is 7.76. The van der Waals surface area contributed by atoms with E-state index in [1.807, 2.05) is 6.20 Å². The van der Waals surface area contributed by atoms with E-state index in [2.05, 4.69) is 38.8 Å². The zero-order chi connectivity index (χ0) is 11.5. The van der Waals surface area contributed by atoms with Crippen LogP contribution in [0.2, 0.25) is 0 Å². The first-order valence-corrected chi connectivity index (χ1v) is 6.66. The van der Waals surface area contributed by atoms with Crippen LogP contribution in [-0.4, -0.2) is 17.6 Å². The molecule has 0 radical (unpaired) electrons. The standard InChI is InChI=1S/C12H18BrN3/c1-2-5-16(11-3-4-11)12-9(7-14)6-10(13)8-15-12/h6,8,11H,2-5,7,14H2,1H3. The summed E-state index contributed by atoms with van der Waals surface area (Å²) < 4.78 is 1.00. The van der Waals surface area contributed by atoms with Crippen LogP contribution in [0.25, 0.3) is 0 Å². The van der Waals surface area contributed by atoms with Gasteiger partial charge in [0.1, 0.15) is 5.82 Å². The molecule has 1 aromatic rings. The van der Waals surface area contributed by atoms with Gasteiger partial charge in [0.15, 0.2) is 0 Å². The summed E-state index contributed by atoms with van der Waals surface area (Å²) in [6, 6.07) is 2.77. The lowest BCUT2D eigenvalue weighted by Crippen LogP contribution is -2.28. The first-order valence-electron chi connectivity index (χ1n) is 5.87. The topological polar surface area (TPSA) is 42.2 Å². The minimum Gasteiger partial charge on any atom is -0.353 e. The van der Waals surface area contributed by atoms with Gasteiger partial charge in [-0.25, -0.2) is 4.98 Å². The van der Waals surface area contributed by atoms with E-state index in [4.69, 9.17) is 5.73 Å². The molecule has 1 aliphatic carbocycles. The fraction of sp³-hybridized carbons (Fsp3) is 0.583. The van der Waals surface area contributed by atoms with Crippen molar-refractivity contribution >= 4 is 21.7 Å². The average molecular weight is 284 g/mol. The summed E-state index contributed by atoms with van der Waals surface area (Å²) >= 11 is 3.44. The highest BCUT2D eigenvalue weighted by atomic mass is 79.9. The molecule has 0 atom stereocenters. The quantitative estimate of drug-likeness (QED) is 0.904. The predicted octanol–water partition coefficient (Wildman–Crippen LogP) is 2.68. The van der Waals surface area contributed by atoms with Crippen LogP contribution in [0, 0.1) is 0 Å². The van der Waals surface area contributed by atoms with Gasteiger partial charge < -0.3 is 10.6 Å². The molecule has 0 bridgehead atoms. The molecule has 0 aromatic carbocycles. The summed E-state index contributed by atoms with van der Waals surface area (Å²) in [5.74, 6) is 1.08. The number of pyridine rings is 1. The van der Waals surface area contributed by atoms with Crippen LogP contribution >= 0.6 is 15.9 Å². The van der Waals surface area contributed by atoms with Gasteiger partial charge in [0, 0.05) is 35.4 Å². The van der Waals surface area contributed by atoms with Crippen molar-refractivity contribution in [2.24, 2.45) is 5.73 Å². The Kier molecular flexibility index (Phi) is 3.82. The van der Waals surface area contributed by atoms with Gasteiger partial charge in [-0.05, 0) is 41.3 Å². The van der Waals surface area contributed by atoms with E-state index in [9.17, 15) is 0 Å². The van der Waals surface area contributed by atoms with E-state index in [0.29, 0.717) is 12.6 Å². The number of nitrogens with two attached hydrogens (primary N) is 1. The molecule has 0 saturated heterocycles. The van der Waals surface area contributed by atoms with Gasteiger partial charge in [0.2, 0.25) is 0 Å². The molecular formula is C12H18BrN3. The second-order valence-corrected chi connectivity index (χ2v) is 5.18. The lowest BCUT2D eigenvalue weighted by atomic mass is 10.2. The Morgan fingerprint density at radius 1 is 1.56 bits per heavy atom. The maximum Gasteiger partial charge on any atom is 0.133 e. The number of hydrogen-bond acceptors (Lipinski definition) is 3. The molecule has 1 aromatic heterocycles. The second-order valence-electron chi connectivity index (χ2n) is 4.26. The highest BCUT2D eigenvalue weighted by molar-refractivity contribution is 9.10. The average Bonchev–Trinajstić information content (AvgIpc) is 3.10. The lowest BCUT2D eigenvalue weighted by Gasteiger charge is -2.25. The second kappa shape index (κ2) is 5.15. The molecule has 1 heterocycles. The maximum atomic E-state index is 5.79. The van der Waals surface area contributed by atoms with Gasteiger partial charge in [0.25, 0.3) is 0 Å². The molecule has 0 spiro atoms. The Morgan fingerprint density at radius 2 is 2.31 bits per heavy atom. The van der Waals surface area contributed by atoms with Crippen molar-refractivity contribution in [1.82, 2.24) is 4.98 Å². The highest BCUT2D eigenvalue weighted by Gasteiger charge is 2.30. The van der Waals surface area contributed by atoms with Gasteiger partial charge in [-0.15, -0.1) is 0 Å². The summed E-state index contributed by atoms with van der Waals surface area (Å²) in [5.41, 5.74) is 6.92. The van der Waals surface area contributed by atoms with Crippen molar-refractivity contribution in [3.63, 3.8) is 0 Å². The Hall–Kier alpha value is -0.610. The molecule has 2 rings (SSSR count). The maximum absolute atomic E-state index is 5.79. The molecule has 0 unspecified atom stereocenters. The van der Waals surface area contributed by atoms with Crippen molar-refractivity contribution in [1.29, 1.82) is 0 Å². The molecule has 2 N–H and O–H groups in total. The minimum absolute atomic E-state index is 0.550. The fourth-order valence-corrected chi connectivity index (χ4v) is 2.35. The van der Waals surface area contributed by atoms with Gasteiger partial charge >= 0.3 is 0 Å². The molecule has 16 heavy (non-hydrogen) atoms. The van der Waals surface area contributed by atoms with E-state index >= 15 is 0 Å². The summed E-state index contributed by atoms with van der Waals surface area (Å²) in [5, 5.41) is 0. The van der Waals surface area contributed by atoms with E-state index in [1.54, 1.807) is 0 Å². The predicted molar refractivity (Wildman–Crippen MR) is 70.5 cm³/mol. The van der Waals surface area contributed by atoms with Gasteiger partial charge in [0.05, 0.1) is 0 Å². The molecule has 88 valence electrons. The summed E-state index contributed by atoms with van der Waals surface area (Å²) in [6.45, 7) is 3.83. The van der Waals surface area contributed by atoms with Crippen LogP contribution in [0.3, 0.4) is 0 Å². The molecule has 3 nitrogen and oxygen atoms in total. The van der Waals surface area contributed by atoms with Crippen molar-refractivity contribution in [2.45, 2.75) is 38.8 Å². The Morgan fingerprint density at radius 3 is 2.88 bits per heavy atom. The third kappa shape index (κ3) is 2.55. The van der Waals surface area contributed by atoms with E-state index in [0.717, 1.165) is 28.8 Å². The third-order valence-electron chi connectivity index (χ3n) is 2.85. The SMILES string of the molecule is CCCN(c1ncc(Br)cc1CN)C1CC1. The van der Waals surface area contributed by atoms with E-state index in [-0.39, 0.29) is 0 Å². The van der Waals surface area contributed by atoms with Crippen LogP contribution in [0.4, 0.5) is 5.82 Å². The fourth-order valence-electron chi connectivity index (χ4n) is 1.97. The zero-order valence-electron chi connectivity index (χ0n) is 9.62. The molecule has 1 saturated carbocycles. The lowest BCUT2D eigenvalue weighted by molar-refractivity contribution is 0.743. The zero-order valence-corrected chi connectivity index (χ0v) is 11.2. The van der Waals surface area contributed by atoms with Gasteiger partial charge in [-0.2, -0.15) is 0 Å². The number of aromatic nitrogens is 1. The summed E-state index contributed by atoms with van der Waals surface area (Å²) in [7, 11) is 0. The van der Waals surface area contributed by atoms with Crippen molar-refractivity contribution in [3.8, 4) is 0 Å². The van der Waals surface area contributed by atoms with Gasteiger partial charge in [-0.3, -0.25) is 0 Å². The van der Waals surface area contributed by atoms with E-state index in [1.165, 1.54) is 12.8 Å². The number of nitrogens with zero attached hydrogens (tertiary/aromatic N) is 2. The van der Waals surface area contributed by atoms with Crippen LogP contribution in [-0.2, 0) is 6.54 Å². The Labute approximate surface area is 105 Å². The Bertz CT molecular complexity index is 363.